The highest BCUT2D eigenvalue weighted by molar-refractivity contribution is 5.91. The summed E-state index contributed by atoms with van der Waals surface area (Å²) in [6.07, 6.45) is 1.71. The molecule has 0 bridgehead atoms. The largest absolute Gasteiger partial charge is 0.461 e. The maximum Gasteiger partial charge on any atom is 0.362 e. The van der Waals surface area contributed by atoms with Gasteiger partial charge in [0.05, 0.1) is 6.61 Å². The van der Waals surface area contributed by atoms with Crippen LogP contribution in [0.1, 0.15) is 43.6 Å². The minimum absolute atomic E-state index is 0.0387. The fraction of sp³-hybridized carbons (Fsp3) is 0.636. The Morgan fingerprint density at radius 3 is 2.81 bits per heavy atom. The van der Waals surface area contributed by atoms with E-state index in [1.54, 1.807) is 6.92 Å². The van der Waals surface area contributed by atoms with Gasteiger partial charge in [0.15, 0.2) is 5.89 Å². The SMILES string of the molecule is CCOC(=O)c1nc(CC(C)CC)oc1N. The molecule has 1 heterocycles. The summed E-state index contributed by atoms with van der Waals surface area (Å²) < 4.78 is 10.0. The predicted octanol–water partition coefficient (Wildman–Crippen LogP) is 2.02. The second-order valence-corrected chi connectivity index (χ2v) is 3.76. The molecule has 0 fully saturated rings. The number of nitrogen functional groups attached to an aromatic ring is 1. The number of oxazole rings is 1. The van der Waals surface area contributed by atoms with Gasteiger partial charge in [-0.15, -0.1) is 0 Å². The minimum atomic E-state index is -0.529. The van der Waals surface area contributed by atoms with Gasteiger partial charge < -0.3 is 14.9 Å². The molecule has 1 atom stereocenters. The number of anilines is 1. The fourth-order valence-electron chi connectivity index (χ4n) is 1.25. The first kappa shape index (κ1) is 12.5. The molecule has 0 aliphatic carbocycles. The van der Waals surface area contributed by atoms with Crippen LogP contribution < -0.4 is 5.73 Å². The molecule has 0 saturated carbocycles. The van der Waals surface area contributed by atoms with Crippen LogP contribution in [0.25, 0.3) is 0 Å². The normalized spacial score (nSPS) is 12.4. The fourth-order valence-corrected chi connectivity index (χ4v) is 1.25. The number of carbonyl (C=O) groups excluding carboxylic acids is 1. The third-order valence-corrected chi connectivity index (χ3v) is 2.39. The molecule has 0 aliphatic rings. The first-order chi connectivity index (χ1) is 7.58. The molecular weight excluding hydrogens is 208 g/mol. The van der Waals surface area contributed by atoms with E-state index in [-0.39, 0.29) is 11.6 Å². The predicted molar refractivity (Wildman–Crippen MR) is 60.0 cm³/mol. The van der Waals surface area contributed by atoms with Crippen LogP contribution in [-0.4, -0.2) is 17.6 Å². The molecule has 90 valence electrons. The van der Waals surface area contributed by atoms with Crippen LogP contribution in [0.5, 0.6) is 0 Å². The quantitative estimate of drug-likeness (QED) is 0.777. The lowest BCUT2D eigenvalue weighted by Crippen LogP contribution is -2.07. The van der Waals surface area contributed by atoms with E-state index in [0.717, 1.165) is 6.42 Å². The Morgan fingerprint density at radius 1 is 1.56 bits per heavy atom. The van der Waals surface area contributed by atoms with Crippen molar-refractivity contribution in [3.63, 3.8) is 0 Å². The van der Waals surface area contributed by atoms with Gasteiger partial charge in [-0.2, -0.15) is 0 Å². The summed E-state index contributed by atoms with van der Waals surface area (Å²) in [4.78, 5) is 15.5. The second-order valence-electron chi connectivity index (χ2n) is 3.76. The molecule has 0 saturated heterocycles. The summed E-state index contributed by atoms with van der Waals surface area (Å²) in [5.74, 6) is 0.457. The van der Waals surface area contributed by atoms with Crippen LogP contribution in [0, 0.1) is 5.92 Å². The van der Waals surface area contributed by atoms with E-state index < -0.39 is 5.97 Å². The van der Waals surface area contributed by atoms with Gasteiger partial charge in [-0.05, 0) is 12.8 Å². The molecule has 2 N–H and O–H groups in total. The van der Waals surface area contributed by atoms with E-state index in [0.29, 0.717) is 24.8 Å². The third kappa shape index (κ3) is 2.98. The van der Waals surface area contributed by atoms with Crippen molar-refractivity contribution in [3.8, 4) is 0 Å². The topological polar surface area (TPSA) is 78.3 Å². The van der Waals surface area contributed by atoms with Crippen molar-refractivity contribution >= 4 is 11.9 Å². The molecular formula is C11H18N2O3. The van der Waals surface area contributed by atoms with Crippen LogP contribution in [0.15, 0.2) is 4.42 Å². The Labute approximate surface area is 95.0 Å². The van der Waals surface area contributed by atoms with Gasteiger partial charge in [0.1, 0.15) is 0 Å². The maximum absolute atomic E-state index is 11.4. The van der Waals surface area contributed by atoms with Crippen molar-refractivity contribution in [1.82, 2.24) is 4.98 Å². The Morgan fingerprint density at radius 2 is 2.25 bits per heavy atom. The molecule has 16 heavy (non-hydrogen) atoms. The highest BCUT2D eigenvalue weighted by atomic mass is 16.5. The molecule has 1 rings (SSSR count). The zero-order chi connectivity index (χ0) is 12.1. The zero-order valence-electron chi connectivity index (χ0n) is 9.95. The Hall–Kier alpha value is -1.52. The Bertz CT molecular complexity index is 360. The number of rotatable bonds is 5. The highest BCUT2D eigenvalue weighted by Gasteiger charge is 2.19. The van der Waals surface area contributed by atoms with Crippen LogP contribution in [0.3, 0.4) is 0 Å². The average molecular weight is 226 g/mol. The Kier molecular flexibility index (Phi) is 4.34. The molecule has 5 heteroatoms. The van der Waals surface area contributed by atoms with Crippen molar-refractivity contribution in [2.75, 3.05) is 12.3 Å². The van der Waals surface area contributed by atoms with E-state index >= 15 is 0 Å². The summed E-state index contributed by atoms with van der Waals surface area (Å²) in [5.41, 5.74) is 5.64. The monoisotopic (exact) mass is 226 g/mol. The summed E-state index contributed by atoms with van der Waals surface area (Å²) in [7, 11) is 0. The minimum Gasteiger partial charge on any atom is -0.461 e. The number of nitrogens with zero attached hydrogens (tertiary/aromatic N) is 1. The smallest absolute Gasteiger partial charge is 0.362 e. The second kappa shape index (κ2) is 5.53. The molecule has 0 aliphatic heterocycles. The van der Waals surface area contributed by atoms with Gasteiger partial charge in [0, 0.05) is 6.42 Å². The van der Waals surface area contributed by atoms with Crippen molar-refractivity contribution in [2.24, 2.45) is 5.92 Å². The van der Waals surface area contributed by atoms with Gasteiger partial charge in [-0.3, -0.25) is 0 Å². The van der Waals surface area contributed by atoms with Crippen LogP contribution >= 0.6 is 0 Å². The van der Waals surface area contributed by atoms with E-state index in [2.05, 4.69) is 18.8 Å². The van der Waals surface area contributed by atoms with Crippen LogP contribution in [-0.2, 0) is 11.2 Å². The lowest BCUT2D eigenvalue weighted by molar-refractivity contribution is 0.0521. The molecule has 1 aromatic heterocycles. The molecule has 0 spiro atoms. The average Bonchev–Trinajstić information content (AvgIpc) is 2.59. The third-order valence-electron chi connectivity index (χ3n) is 2.39. The van der Waals surface area contributed by atoms with Gasteiger partial charge in [-0.25, -0.2) is 9.78 Å². The van der Waals surface area contributed by atoms with Gasteiger partial charge in [0.25, 0.3) is 0 Å². The number of esters is 1. The summed E-state index contributed by atoms with van der Waals surface area (Å²) in [6, 6.07) is 0. The van der Waals surface area contributed by atoms with Gasteiger partial charge >= 0.3 is 5.97 Å². The zero-order valence-corrected chi connectivity index (χ0v) is 9.95. The number of nitrogens with two attached hydrogens (primary N) is 1. The summed E-state index contributed by atoms with van der Waals surface area (Å²) >= 11 is 0. The van der Waals surface area contributed by atoms with E-state index in [1.165, 1.54) is 0 Å². The van der Waals surface area contributed by atoms with Gasteiger partial charge in [0.2, 0.25) is 11.6 Å². The lowest BCUT2D eigenvalue weighted by Gasteiger charge is -2.02. The van der Waals surface area contributed by atoms with Crippen molar-refractivity contribution < 1.29 is 13.9 Å². The molecule has 1 unspecified atom stereocenters. The molecule has 5 nitrogen and oxygen atoms in total. The maximum atomic E-state index is 11.4. The lowest BCUT2D eigenvalue weighted by atomic mass is 10.1. The highest BCUT2D eigenvalue weighted by Crippen LogP contribution is 2.18. The van der Waals surface area contributed by atoms with E-state index in [9.17, 15) is 4.79 Å². The van der Waals surface area contributed by atoms with Crippen LogP contribution in [0.2, 0.25) is 0 Å². The van der Waals surface area contributed by atoms with Crippen molar-refractivity contribution in [3.05, 3.63) is 11.6 Å². The van der Waals surface area contributed by atoms with Gasteiger partial charge in [-0.1, -0.05) is 20.3 Å². The van der Waals surface area contributed by atoms with E-state index in [1.807, 2.05) is 0 Å². The Balaban J connectivity index is 2.77. The standard InChI is InChI=1S/C11H18N2O3/c1-4-7(3)6-8-13-9(10(12)16-8)11(14)15-5-2/h7H,4-6,12H2,1-3H3. The molecule has 0 aromatic carbocycles. The number of ether oxygens (including phenoxy) is 1. The number of aromatic nitrogens is 1. The molecule has 0 amide bonds. The number of carbonyl (C=O) groups is 1. The summed E-state index contributed by atoms with van der Waals surface area (Å²) in [6.45, 7) is 6.20. The number of hydrogen-bond donors (Lipinski definition) is 1. The van der Waals surface area contributed by atoms with Crippen molar-refractivity contribution in [1.29, 1.82) is 0 Å². The van der Waals surface area contributed by atoms with Crippen molar-refractivity contribution in [2.45, 2.75) is 33.6 Å². The van der Waals surface area contributed by atoms with E-state index in [4.69, 9.17) is 14.9 Å². The molecule has 1 aromatic rings. The number of hydrogen-bond acceptors (Lipinski definition) is 5. The first-order valence-electron chi connectivity index (χ1n) is 5.50. The summed E-state index contributed by atoms with van der Waals surface area (Å²) in [5, 5.41) is 0. The molecule has 0 radical (unpaired) electrons. The van der Waals surface area contributed by atoms with Crippen LogP contribution in [0.4, 0.5) is 5.88 Å². The first-order valence-corrected chi connectivity index (χ1v) is 5.50.